The average molecular weight is 178 g/mol. The predicted molar refractivity (Wildman–Crippen MR) is 47.4 cm³/mol. The highest BCUT2D eigenvalue weighted by atomic mass is 16.6. The van der Waals surface area contributed by atoms with Crippen LogP contribution in [0, 0.1) is 17.0 Å². The van der Waals surface area contributed by atoms with Crippen molar-refractivity contribution in [2.75, 3.05) is 0 Å². The van der Waals surface area contributed by atoms with Gasteiger partial charge in [0.1, 0.15) is 0 Å². The molecule has 0 aliphatic rings. The van der Waals surface area contributed by atoms with E-state index in [4.69, 9.17) is 0 Å². The molecule has 1 aromatic carbocycles. The third-order valence-corrected chi connectivity index (χ3v) is 1.63. The van der Waals surface area contributed by atoms with Crippen molar-refractivity contribution in [3.8, 4) is 0 Å². The summed E-state index contributed by atoms with van der Waals surface area (Å²) in [5.41, 5.74) is 0.446. The molecule has 1 aromatic rings. The van der Waals surface area contributed by atoms with Gasteiger partial charge in [-0.25, -0.2) is 0 Å². The lowest BCUT2D eigenvalue weighted by Crippen LogP contribution is -1.96. The van der Waals surface area contributed by atoms with Crippen LogP contribution in [0.25, 0.3) is 0 Å². The molecule has 13 heavy (non-hydrogen) atoms. The minimum Gasteiger partial charge on any atom is -0.294 e. The maximum atomic E-state index is 11.1. The van der Waals surface area contributed by atoms with Crippen LogP contribution in [0.5, 0.6) is 0 Å². The van der Waals surface area contributed by atoms with Crippen molar-refractivity contribution < 1.29 is 9.72 Å². The Morgan fingerprint density at radius 1 is 1.38 bits per heavy atom. The Bertz CT molecular complexity index is 329. The number of carbonyl (C=O) groups excluding carboxylic acids is 1. The average Bonchev–Trinajstić information content (AvgIpc) is 2.17. The van der Waals surface area contributed by atoms with Crippen LogP contribution in [0.3, 0.4) is 0 Å². The van der Waals surface area contributed by atoms with Crippen LogP contribution in [-0.2, 0) is 0 Å². The van der Waals surface area contributed by atoms with Crippen LogP contribution in [0.1, 0.15) is 16.8 Å². The van der Waals surface area contributed by atoms with Crippen molar-refractivity contribution >= 4 is 11.5 Å². The molecule has 0 aromatic heterocycles. The molecule has 0 N–H and O–H groups in total. The summed E-state index contributed by atoms with van der Waals surface area (Å²) in [5, 5.41) is 10.3. The summed E-state index contributed by atoms with van der Waals surface area (Å²) in [7, 11) is 0. The first-order valence-electron chi connectivity index (χ1n) is 3.72. The van der Waals surface area contributed by atoms with Gasteiger partial charge in [-0.1, -0.05) is 0 Å². The molecule has 0 aliphatic heterocycles. The molecule has 4 heteroatoms. The maximum Gasteiger partial charge on any atom is 0.269 e. The molecule has 0 saturated heterocycles. The normalized spacial score (nSPS) is 9.62. The summed E-state index contributed by atoms with van der Waals surface area (Å²) in [6, 6.07) is 5.49. The minimum atomic E-state index is -0.502. The van der Waals surface area contributed by atoms with E-state index in [1.807, 2.05) is 0 Å². The van der Waals surface area contributed by atoms with Crippen molar-refractivity contribution in [1.29, 1.82) is 0 Å². The van der Waals surface area contributed by atoms with E-state index in [1.165, 1.54) is 24.3 Å². The first-order chi connectivity index (χ1) is 6.15. The second kappa shape index (κ2) is 3.80. The van der Waals surface area contributed by atoms with E-state index >= 15 is 0 Å². The molecule has 0 unspecified atom stereocenters. The summed E-state index contributed by atoms with van der Waals surface area (Å²) in [6.45, 7) is 3.44. The van der Waals surface area contributed by atoms with E-state index in [-0.39, 0.29) is 17.9 Å². The van der Waals surface area contributed by atoms with Crippen LogP contribution in [0.2, 0.25) is 0 Å². The molecule has 0 spiro atoms. The molecule has 1 rings (SSSR count). The third kappa shape index (κ3) is 2.11. The number of nitro benzene ring substituents is 1. The van der Waals surface area contributed by atoms with E-state index < -0.39 is 4.92 Å². The summed E-state index contributed by atoms with van der Waals surface area (Å²) in [5.74, 6) is -0.116. The minimum absolute atomic E-state index is 0.0133. The lowest BCUT2D eigenvalue weighted by molar-refractivity contribution is -0.384. The van der Waals surface area contributed by atoms with Gasteiger partial charge in [0.15, 0.2) is 5.78 Å². The zero-order chi connectivity index (χ0) is 9.84. The lowest BCUT2D eigenvalue weighted by Gasteiger charge is -1.95. The van der Waals surface area contributed by atoms with Crippen LogP contribution >= 0.6 is 0 Å². The van der Waals surface area contributed by atoms with Crippen LogP contribution in [-0.4, -0.2) is 10.7 Å². The van der Waals surface area contributed by atoms with Gasteiger partial charge in [0, 0.05) is 24.1 Å². The number of nitrogens with zero attached hydrogens (tertiary/aromatic N) is 1. The van der Waals surface area contributed by atoms with Gasteiger partial charge >= 0.3 is 0 Å². The van der Waals surface area contributed by atoms with Gasteiger partial charge in [-0.05, 0) is 19.1 Å². The SMILES string of the molecule is [CH2]CC(=O)c1ccc([N+](=O)[O-])cc1. The number of rotatable bonds is 3. The second-order valence-corrected chi connectivity index (χ2v) is 2.48. The fraction of sp³-hybridized carbons (Fsp3) is 0.111. The van der Waals surface area contributed by atoms with Gasteiger partial charge in [0.05, 0.1) is 4.92 Å². The molecule has 1 radical (unpaired) electrons. The Balaban J connectivity index is 2.93. The smallest absolute Gasteiger partial charge is 0.269 e. The third-order valence-electron chi connectivity index (χ3n) is 1.63. The van der Waals surface area contributed by atoms with Gasteiger partial charge in [0.2, 0.25) is 0 Å². The predicted octanol–water partition coefficient (Wildman–Crippen LogP) is 2.00. The zero-order valence-electron chi connectivity index (χ0n) is 6.90. The molecule has 0 saturated carbocycles. The maximum absolute atomic E-state index is 11.1. The first kappa shape index (κ1) is 9.38. The molecule has 0 heterocycles. The second-order valence-electron chi connectivity index (χ2n) is 2.48. The molecule has 0 amide bonds. The van der Waals surface area contributed by atoms with Crippen molar-refractivity contribution in [2.24, 2.45) is 0 Å². The van der Waals surface area contributed by atoms with Gasteiger partial charge < -0.3 is 0 Å². The largest absolute Gasteiger partial charge is 0.294 e. The van der Waals surface area contributed by atoms with E-state index in [2.05, 4.69) is 6.92 Å². The summed E-state index contributed by atoms with van der Waals surface area (Å²) >= 11 is 0. The number of carbonyl (C=O) groups is 1. The highest BCUT2D eigenvalue weighted by molar-refractivity contribution is 5.96. The highest BCUT2D eigenvalue weighted by Gasteiger charge is 2.07. The molecule has 0 bridgehead atoms. The molecular formula is C9H8NO3. The molecule has 67 valence electrons. The number of hydrogen-bond acceptors (Lipinski definition) is 3. The van der Waals surface area contributed by atoms with Gasteiger partial charge in [-0.3, -0.25) is 14.9 Å². The number of hydrogen-bond donors (Lipinski definition) is 0. The Labute approximate surface area is 75.3 Å². The Morgan fingerprint density at radius 2 is 1.92 bits per heavy atom. The Kier molecular flexibility index (Phi) is 2.74. The number of nitro groups is 1. The number of non-ortho nitro benzene ring substituents is 1. The van der Waals surface area contributed by atoms with Crippen LogP contribution in [0.4, 0.5) is 5.69 Å². The van der Waals surface area contributed by atoms with Crippen molar-refractivity contribution in [3.05, 3.63) is 46.9 Å². The molecule has 4 nitrogen and oxygen atoms in total. The topological polar surface area (TPSA) is 60.2 Å². The number of benzene rings is 1. The van der Waals surface area contributed by atoms with Crippen LogP contribution < -0.4 is 0 Å². The summed E-state index contributed by atoms with van der Waals surface area (Å²) in [6.07, 6.45) is 0.164. The number of ketones is 1. The van der Waals surface area contributed by atoms with E-state index in [9.17, 15) is 14.9 Å². The molecule has 0 aliphatic carbocycles. The molecule has 0 fully saturated rings. The number of Topliss-reactive ketones (excluding diaryl/α,β-unsaturated/α-hetero) is 1. The Hall–Kier alpha value is -1.71. The van der Waals surface area contributed by atoms with Gasteiger partial charge in [0.25, 0.3) is 5.69 Å². The highest BCUT2D eigenvalue weighted by Crippen LogP contribution is 2.12. The standard InChI is InChI=1S/C9H8NO3/c1-2-9(11)7-3-5-8(6-4-7)10(12)13/h3-6H,1-2H2. The van der Waals surface area contributed by atoms with E-state index in [0.29, 0.717) is 5.56 Å². The van der Waals surface area contributed by atoms with Crippen molar-refractivity contribution in [1.82, 2.24) is 0 Å². The summed E-state index contributed by atoms with van der Waals surface area (Å²) < 4.78 is 0. The van der Waals surface area contributed by atoms with Crippen molar-refractivity contribution in [2.45, 2.75) is 6.42 Å². The first-order valence-corrected chi connectivity index (χ1v) is 3.72. The monoisotopic (exact) mass is 178 g/mol. The van der Waals surface area contributed by atoms with Crippen LogP contribution in [0.15, 0.2) is 24.3 Å². The quantitative estimate of drug-likeness (QED) is 0.404. The molecular weight excluding hydrogens is 170 g/mol. The Morgan fingerprint density at radius 3 is 2.31 bits per heavy atom. The van der Waals surface area contributed by atoms with Gasteiger partial charge in [-0.2, -0.15) is 0 Å². The van der Waals surface area contributed by atoms with Crippen molar-refractivity contribution in [3.63, 3.8) is 0 Å². The fourth-order valence-corrected chi connectivity index (χ4v) is 0.913. The van der Waals surface area contributed by atoms with E-state index in [0.717, 1.165) is 0 Å². The zero-order valence-corrected chi connectivity index (χ0v) is 6.90. The van der Waals surface area contributed by atoms with Gasteiger partial charge in [-0.15, -0.1) is 0 Å². The fourth-order valence-electron chi connectivity index (χ4n) is 0.913. The summed E-state index contributed by atoms with van der Waals surface area (Å²) in [4.78, 5) is 20.8. The lowest BCUT2D eigenvalue weighted by atomic mass is 10.1. The molecule has 0 atom stereocenters. The van der Waals surface area contributed by atoms with E-state index in [1.54, 1.807) is 0 Å².